The van der Waals surface area contributed by atoms with Crippen LogP contribution in [-0.2, 0) is 9.47 Å². The fraction of sp³-hybridized carbons (Fsp3) is 0.429. The summed E-state index contributed by atoms with van der Waals surface area (Å²) in [4.78, 5) is 0. The lowest BCUT2D eigenvalue weighted by Gasteiger charge is -2.12. The zero-order chi connectivity index (χ0) is 7.82. The lowest BCUT2D eigenvalue weighted by Crippen LogP contribution is -2.13. The van der Waals surface area contributed by atoms with Crippen molar-refractivity contribution in [3.8, 4) is 0 Å². The number of ether oxygens (including phenoxy) is 2. The quantitative estimate of drug-likeness (QED) is 0.343. The Kier molecular flexibility index (Phi) is 5.82. The lowest BCUT2D eigenvalue weighted by molar-refractivity contribution is -0.152. The number of rotatable bonds is 6. The van der Waals surface area contributed by atoms with E-state index in [0.717, 1.165) is 0 Å². The molecule has 0 spiro atoms. The van der Waals surface area contributed by atoms with E-state index in [1.165, 1.54) is 6.26 Å². The minimum absolute atomic E-state index is 0.355. The van der Waals surface area contributed by atoms with E-state index in [-0.39, 0.29) is 6.79 Å². The standard InChI is InChI=1S/C7H12O3/c1-3-5-7(9-4-2)10-6-8/h3-4,7-8H,1-2,5-6H2. The van der Waals surface area contributed by atoms with Gasteiger partial charge in [0, 0.05) is 6.42 Å². The summed E-state index contributed by atoms with van der Waals surface area (Å²) in [5.41, 5.74) is 0. The van der Waals surface area contributed by atoms with Gasteiger partial charge in [-0.3, -0.25) is 0 Å². The molecular weight excluding hydrogens is 132 g/mol. The molecule has 1 N–H and O–H groups in total. The van der Waals surface area contributed by atoms with Gasteiger partial charge in [-0.05, 0) is 0 Å². The molecule has 0 fully saturated rings. The van der Waals surface area contributed by atoms with Crippen LogP contribution in [0.15, 0.2) is 25.5 Å². The predicted octanol–water partition coefficient (Wildman–Crippen LogP) is 1.02. The highest BCUT2D eigenvalue weighted by Gasteiger charge is 2.02. The van der Waals surface area contributed by atoms with Gasteiger partial charge in [0.05, 0.1) is 6.26 Å². The largest absolute Gasteiger partial charge is 0.473 e. The minimum Gasteiger partial charge on any atom is -0.473 e. The van der Waals surface area contributed by atoms with Crippen LogP contribution in [0, 0.1) is 0 Å². The van der Waals surface area contributed by atoms with E-state index < -0.39 is 6.29 Å². The fourth-order valence-electron chi connectivity index (χ4n) is 0.489. The van der Waals surface area contributed by atoms with Crippen molar-refractivity contribution in [2.24, 2.45) is 0 Å². The number of hydrogen-bond donors (Lipinski definition) is 1. The summed E-state index contributed by atoms with van der Waals surface area (Å²) in [5, 5.41) is 8.32. The molecule has 0 heterocycles. The molecule has 0 aliphatic rings. The Morgan fingerprint density at radius 1 is 1.50 bits per heavy atom. The van der Waals surface area contributed by atoms with Gasteiger partial charge in [0.2, 0.25) is 6.29 Å². The molecule has 0 rings (SSSR count). The number of aliphatic hydroxyl groups is 1. The smallest absolute Gasteiger partial charge is 0.204 e. The lowest BCUT2D eigenvalue weighted by atomic mass is 10.4. The molecule has 0 saturated heterocycles. The third-order valence-electron chi connectivity index (χ3n) is 0.868. The van der Waals surface area contributed by atoms with Crippen molar-refractivity contribution >= 4 is 0 Å². The second-order valence-electron chi connectivity index (χ2n) is 1.55. The number of aliphatic hydroxyl groups excluding tert-OH is 1. The van der Waals surface area contributed by atoms with Crippen LogP contribution in [0.2, 0.25) is 0 Å². The van der Waals surface area contributed by atoms with E-state index >= 15 is 0 Å². The third-order valence-corrected chi connectivity index (χ3v) is 0.868. The van der Waals surface area contributed by atoms with Crippen LogP contribution in [0.5, 0.6) is 0 Å². The van der Waals surface area contributed by atoms with E-state index in [9.17, 15) is 0 Å². The maximum atomic E-state index is 8.32. The maximum absolute atomic E-state index is 8.32. The van der Waals surface area contributed by atoms with Crippen LogP contribution < -0.4 is 0 Å². The highest BCUT2D eigenvalue weighted by atomic mass is 16.7. The van der Waals surface area contributed by atoms with Gasteiger partial charge in [0.25, 0.3) is 0 Å². The predicted molar refractivity (Wildman–Crippen MR) is 38.1 cm³/mol. The zero-order valence-electron chi connectivity index (χ0n) is 5.82. The highest BCUT2D eigenvalue weighted by molar-refractivity contribution is 4.69. The Morgan fingerprint density at radius 2 is 2.20 bits per heavy atom. The van der Waals surface area contributed by atoms with Gasteiger partial charge >= 0.3 is 0 Å². The van der Waals surface area contributed by atoms with Crippen molar-refractivity contribution in [1.82, 2.24) is 0 Å². The van der Waals surface area contributed by atoms with Gasteiger partial charge in [-0.25, -0.2) is 0 Å². The molecule has 0 aromatic heterocycles. The highest BCUT2D eigenvalue weighted by Crippen LogP contribution is 2.00. The van der Waals surface area contributed by atoms with Crippen molar-refractivity contribution in [2.75, 3.05) is 6.79 Å². The Labute approximate surface area is 60.6 Å². The zero-order valence-corrected chi connectivity index (χ0v) is 5.82. The van der Waals surface area contributed by atoms with Crippen LogP contribution in [0.25, 0.3) is 0 Å². The average Bonchev–Trinajstić information content (AvgIpc) is 1.90. The van der Waals surface area contributed by atoms with Gasteiger partial charge in [-0.1, -0.05) is 12.7 Å². The van der Waals surface area contributed by atoms with Gasteiger partial charge in [0.15, 0.2) is 0 Å². The normalized spacial score (nSPS) is 12.1. The Morgan fingerprint density at radius 3 is 2.60 bits per heavy atom. The molecule has 10 heavy (non-hydrogen) atoms. The molecule has 0 aromatic carbocycles. The molecule has 0 aromatic rings. The molecule has 0 aliphatic heterocycles. The van der Waals surface area contributed by atoms with E-state index in [0.29, 0.717) is 6.42 Å². The summed E-state index contributed by atoms with van der Waals surface area (Å²) in [6.07, 6.45) is 2.99. The first kappa shape index (κ1) is 9.20. The molecule has 0 aliphatic carbocycles. The van der Waals surface area contributed by atoms with Crippen molar-refractivity contribution in [3.05, 3.63) is 25.5 Å². The van der Waals surface area contributed by atoms with Crippen molar-refractivity contribution in [1.29, 1.82) is 0 Å². The van der Waals surface area contributed by atoms with Gasteiger partial charge in [0.1, 0.15) is 6.79 Å². The Bertz CT molecular complexity index is 91.0. The molecule has 1 atom stereocenters. The SMILES string of the molecule is C=CCC(OC=C)OCO. The molecule has 0 saturated carbocycles. The summed E-state index contributed by atoms with van der Waals surface area (Å²) in [7, 11) is 0. The van der Waals surface area contributed by atoms with E-state index in [1.54, 1.807) is 6.08 Å². The molecule has 0 radical (unpaired) electrons. The molecule has 0 amide bonds. The van der Waals surface area contributed by atoms with Crippen molar-refractivity contribution < 1.29 is 14.6 Å². The maximum Gasteiger partial charge on any atom is 0.204 e. The Balaban J connectivity index is 3.48. The van der Waals surface area contributed by atoms with E-state index in [2.05, 4.69) is 13.2 Å². The fourth-order valence-corrected chi connectivity index (χ4v) is 0.489. The second-order valence-corrected chi connectivity index (χ2v) is 1.55. The van der Waals surface area contributed by atoms with Crippen LogP contribution in [-0.4, -0.2) is 18.2 Å². The summed E-state index contributed by atoms with van der Waals surface area (Å²) in [6.45, 7) is 6.48. The molecule has 3 heteroatoms. The van der Waals surface area contributed by atoms with Crippen molar-refractivity contribution in [3.63, 3.8) is 0 Å². The van der Waals surface area contributed by atoms with Crippen molar-refractivity contribution in [2.45, 2.75) is 12.7 Å². The van der Waals surface area contributed by atoms with Gasteiger partial charge in [-0.15, -0.1) is 6.58 Å². The molecule has 58 valence electrons. The first-order valence-corrected chi connectivity index (χ1v) is 2.95. The minimum atomic E-state index is -0.458. The first-order valence-electron chi connectivity index (χ1n) is 2.95. The van der Waals surface area contributed by atoms with Crippen LogP contribution in [0.3, 0.4) is 0 Å². The van der Waals surface area contributed by atoms with Crippen LogP contribution >= 0.6 is 0 Å². The first-order chi connectivity index (χ1) is 4.85. The average molecular weight is 144 g/mol. The topological polar surface area (TPSA) is 38.7 Å². The Hall–Kier alpha value is -0.800. The second kappa shape index (κ2) is 6.32. The van der Waals surface area contributed by atoms with Gasteiger partial charge in [-0.2, -0.15) is 0 Å². The molecule has 1 unspecified atom stereocenters. The third kappa shape index (κ3) is 4.12. The van der Waals surface area contributed by atoms with Crippen LogP contribution in [0.4, 0.5) is 0 Å². The summed E-state index contributed by atoms with van der Waals surface area (Å²) in [6, 6.07) is 0. The molecular formula is C7H12O3. The summed E-state index contributed by atoms with van der Waals surface area (Å²) < 4.78 is 9.55. The van der Waals surface area contributed by atoms with E-state index in [4.69, 9.17) is 14.6 Å². The van der Waals surface area contributed by atoms with Gasteiger partial charge < -0.3 is 14.6 Å². The van der Waals surface area contributed by atoms with E-state index in [1.807, 2.05) is 0 Å². The molecule has 0 bridgehead atoms. The van der Waals surface area contributed by atoms with Crippen LogP contribution in [0.1, 0.15) is 6.42 Å². The summed E-state index contributed by atoms with van der Waals surface area (Å²) >= 11 is 0. The molecule has 3 nitrogen and oxygen atoms in total. The summed E-state index contributed by atoms with van der Waals surface area (Å²) in [5.74, 6) is 0. The monoisotopic (exact) mass is 144 g/mol. The number of hydrogen-bond acceptors (Lipinski definition) is 3.